The number of hydrogen-bond donors (Lipinski definition) is 0. The number of carbonyl (C=O) groups excluding carboxylic acids is 1. The summed E-state index contributed by atoms with van der Waals surface area (Å²) >= 11 is 0. The van der Waals surface area contributed by atoms with Crippen LogP contribution < -0.4 is 4.74 Å². The zero-order valence-corrected chi connectivity index (χ0v) is 11.2. The third kappa shape index (κ3) is 2.48. The standard InChI is InChI=1S/C14H11N5O2/c1-21-14-12(15-7-8-16-14)13(20)11-9-17-19(18-11)10-5-3-2-4-6-10/h2-9H,1H3. The molecular weight excluding hydrogens is 270 g/mol. The summed E-state index contributed by atoms with van der Waals surface area (Å²) in [6, 6.07) is 9.32. The normalized spacial score (nSPS) is 10.3. The van der Waals surface area contributed by atoms with Crippen molar-refractivity contribution in [1.29, 1.82) is 0 Å². The van der Waals surface area contributed by atoms with Gasteiger partial charge in [-0.25, -0.2) is 9.97 Å². The molecule has 2 heterocycles. The summed E-state index contributed by atoms with van der Waals surface area (Å²) in [5.74, 6) is -0.223. The second-order valence-corrected chi connectivity index (χ2v) is 4.10. The largest absolute Gasteiger partial charge is 0.479 e. The van der Waals surface area contributed by atoms with Crippen molar-refractivity contribution in [2.24, 2.45) is 0 Å². The number of rotatable bonds is 4. The topological polar surface area (TPSA) is 82.8 Å². The summed E-state index contributed by atoms with van der Waals surface area (Å²) in [6.07, 6.45) is 4.28. The van der Waals surface area contributed by atoms with E-state index in [-0.39, 0.29) is 23.1 Å². The first-order valence-corrected chi connectivity index (χ1v) is 6.17. The number of carbonyl (C=O) groups is 1. The van der Waals surface area contributed by atoms with Crippen molar-refractivity contribution in [3.05, 3.63) is 60.3 Å². The van der Waals surface area contributed by atoms with Crippen molar-refractivity contribution in [3.8, 4) is 11.6 Å². The maximum atomic E-state index is 12.4. The van der Waals surface area contributed by atoms with E-state index in [1.807, 2.05) is 30.3 Å². The molecule has 0 N–H and O–H groups in total. The van der Waals surface area contributed by atoms with Crippen LogP contribution in [-0.2, 0) is 0 Å². The highest BCUT2D eigenvalue weighted by Gasteiger charge is 2.20. The van der Waals surface area contributed by atoms with Crippen LogP contribution in [0.15, 0.2) is 48.9 Å². The summed E-state index contributed by atoms with van der Waals surface area (Å²) in [7, 11) is 1.43. The number of benzene rings is 1. The Labute approximate surface area is 120 Å². The maximum absolute atomic E-state index is 12.4. The molecule has 2 aromatic heterocycles. The molecule has 104 valence electrons. The maximum Gasteiger partial charge on any atom is 0.243 e. The van der Waals surface area contributed by atoms with Crippen LogP contribution >= 0.6 is 0 Å². The van der Waals surface area contributed by atoms with E-state index < -0.39 is 0 Å². The van der Waals surface area contributed by atoms with Crippen LogP contribution in [0, 0.1) is 0 Å². The van der Waals surface area contributed by atoms with E-state index in [1.165, 1.54) is 30.5 Å². The van der Waals surface area contributed by atoms with Crippen LogP contribution in [0.2, 0.25) is 0 Å². The average molecular weight is 281 g/mol. The van der Waals surface area contributed by atoms with Crippen LogP contribution in [0.3, 0.4) is 0 Å². The highest BCUT2D eigenvalue weighted by atomic mass is 16.5. The lowest BCUT2D eigenvalue weighted by Gasteiger charge is -2.02. The number of ketones is 1. The van der Waals surface area contributed by atoms with E-state index in [4.69, 9.17) is 4.74 Å². The zero-order chi connectivity index (χ0) is 14.7. The number of aromatic nitrogens is 5. The molecule has 3 rings (SSSR count). The molecule has 0 aliphatic carbocycles. The summed E-state index contributed by atoms with van der Waals surface area (Å²) in [6.45, 7) is 0. The van der Waals surface area contributed by atoms with Gasteiger partial charge in [-0.15, -0.1) is 5.10 Å². The highest BCUT2D eigenvalue weighted by Crippen LogP contribution is 2.15. The first kappa shape index (κ1) is 12.9. The van der Waals surface area contributed by atoms with Gasteiger partial charge >= 0.3 is 0 Å². The van der Waals surface area contributed by atoms with Crippen molar-refractivity contribution >= 4 is 5.78 Å². The fourth-order valence-electron chi connectivity index (χ4n) is 1.80. The smallest absolute Gasteiger partial charge is 0.243 e. The molecular formula is C14H11N5O2. The van der Waals surface area contributed by atoms with Crippen molar-refractivity contribution in [3.63, 3.8) is 0 Å². The van der Waals surface area contributed by atoms with E-state index in [0.29, 0.717) is 0 Å². The molecule has 0 aliphatic rings. The van der Waals surface area contributed by atoms with Gasteiger partial charge in [0.2, 0.25) is 11.7 Å². The summed E-state index contributed by atoms with van der Waals surface area (Å²) in [4.78, 5) is 21.7. The average Bonchev–Trinajstić information content (AvgIpc) is 3.05. The number of para-hydroxylation sites is 1. The quantitative estimate of drug-likeness (QED) is 0.670. The number of hydrogen-bond acceptors (Lipinski definition) is 6. The lowest BCUT2D eigenvalue weighted by molar-refractivity contribution is 0.102. The lowest BCUT2D eigenvalue weighted by atomic mass is 10.2. The van der Waals surface area contributed by atoms with Crippen molar-refractivity contribution < 1.29 is 9.53 Å². The van der Waals surface area contributed by atoms with Crippen LogP contribution in [0.25, 0.3) is 5.69 Å². The molecule has 7 nitrogen and oxygen atoms in total. The second kappa shape index (κ2) is 5.49. The molecule has 0 saturated heterocycles. The molecule has 21 heavy (non-hydrogen) atoms. The van der Waals surface area contributed by atoms with Gasteiger partial charge in [-0.3, -0.25) is 4.79 Å². The summed E-state index contributed by atoms with van der Waals surface area (Å²) in [5.41, 5.74) is 1.06. The van der Waals surface area contributed by atoms with Gasteiger partial charge in [-0.2, -0.15) is 9.90 Å². The molecule has 0 aliphatic heterocycles. The molecule has 0 fully saturated rings. The van der Waals surface area contributed by atoms with Gasteiger partial charge in [0.15, 0.2) is 11.4 Å². The van der Waals surface area contributed by atoms with E-state index in [2.05, 4.69) is 20.2 Å². The van der Waals surface area contributed by atoms with Crippen molar-refractivity contribution in [1.82, 2.24) is 25.0 Å². The molecule has 0 unspecified atom stereocenters. The third-order valence-corrected chi connectivity index (χ3v) is 2.78. The fraction of sp³-hybridized carbons (Fsp3) is 0.0714. The molecule has 0 radical (unpaired) electrons. The Bertz CT molecular complexity index is 770. The predicted octanol–water partition coefficient (Wildman–Crippen LogP) is 1.30. The molecule has 0 atom stereocenters. The Morgan fingerprint density at radius 1 is 1.14 bits per heavy atom. The molecule has 0 spiro atoms. The van der Waals surface area contributed by atoms with Gasteiger partial charge in [0, 0.05) is 12.4 Å². The Balaban J connectivity index is 1.95. The molecule has 3 aromatic rings. The van der Waals surface area contributed by atoms with E-state index >= 15 is 0 Å². The minimum atomic E-state index is -0.387. The Kier molecular flexibility index (Phi) is 3.38. The molecule has 0 bridgehead atoms. The van der Waals surface area contributed by atoms with E-state index in [0.717, 1.165) is 5.69 Å². The van der Waals surface area contributed by atoms with Crippen molar-refractivity contribution in [2.45, 2.75) is 0 Å². The number of nitrogens with zero attached hydrogens (tertiary/aromatic N) is 5. The highest BCUT2D eigenvalue weighted by molar-refractivity contribution is 6.07. The van der Waals surface area contributed by atoms with Gasteiger partial charge in [-0.1, -0.05) is 18.2 Å². The fourth-order valence-corrected chi connectivity index (χ4v) is 1.80. The molecule has 0 saturated carbocycles. The zero-order valence-electron chi connectivity index (χ0n) is 11.2. The second-order valence-electron chi connectivity index (χ2n) is 4.10. The monoisotopic (exact) mass is 281 g/mol. The van der Waals surface area contributed by atoms with Crippen LogP contribution in [-0.4, -0.2) is 37.9 Å². The first-order chi connectivity index (χ1) is 10.3. The number of methoxy groups -OCH3 is 1. The van der Waals surface area contributed by atoms with Gasteiger partial charge in [0.1, 0.15) is 0 Å². The van der Waals surface area contributed by atoms with Crippen LogP contribution in [0.1, 0.15) is 16.2 Å². The van der Waals surface area contributed by atoms with Gasteiger partial charge in [-0.05, 0) is 12.1 Å². The minimum absolute atomic E-state index is 0.111. The SMILES string of the molecule is COc1nccnc1C(=O)c1cnn(-c2ccccc2)n1. The number of ether oxygens (including phenoxy) is 1. The molecule has 0 amide bonds. The van der Waals surface area contributed by atoms with Gasteiger partial charge < -0.3 is 4.74 Å². The third-order valence-electron chi connectivity index (χ3n) is 2.78. The van der Waals surface area contributed by atoms with E-state index in [9.17, 15) is 4.79 Å². The van der Waals surface area contributed by atoms with E-state index in [1.54, 1.807) is 0 Å². The first-order valence-electron chi connectivity index (χ1n) is 6.17. The van der Waals surface area contributed by atoms with Crippen molar-refractivity contribution in [2.75, 3.05) is 7.11 Å². The van der Waals surface area contributed by atoms with Gasteiger partial charge in [0.25, 0.3) is 0 Å². The Morgan fingerprint density at radius 3 is 2.67 bits per heavy atom. The Morgan fingerprint density at radius 2 is 1.90 bits per heavy atom. The predicted molar refractivity (Wildman–Crippen MR) is 73.4 cm³/mol. The van der Waals surface area contributed by atoms with Gasteiger partial charge in [0.05, 0.1) is 19.0 Å². The van der Waals surface area contributed by atoms with Crippen LogP contribution in [0.5, 0.6) is 5.88 Å². The molecule has 1 aromatic carbocycles. The summed E-state index contributed by atoms with van der Waals surface area (Å²) in [5, 5.41) is 8.25. The van der Waals surface area contributed by atoms with Crippen LogP contribution in [0.4, 0.5) is 0 Å². The Hall–Kier alpha value is -3.09. The minimum Gasteiger partial charge on any atom is -0.479 e. The summed E-state index contributed by atoms with van der Waals surface area (Å²) < 4.78 is 5.03. The lowest BCUT2D eigenvalue weighted by Crippen LogP contribution is -2.09. The molecule has 7 heteroatoms.